The van der Waals surface area contributed by atoms with E-state index in [9.17, 15) is 4.79 Å². The number of pyridine rings is 6. The largest absolute Gasteiger partial charge is 0.493 e. The highest BCUT2D eigenvalue weighted by Crippen LogP contribution is 2.34. The van der Waals surface area contributed by atoms with E-state index in [-0.39, 0.29) is 5.56 Å². The molecule has 0 saturated heterocycles. The average Bonchev–Trinajstić information content (AvgIpc) is 1.42. The summed E-state index contributed by atoms with van der Waals surface area (Å²) in [4.78, 5) is 42.5. The smallest absolute Gasteiger partial charge is 0.251 e. The maximum Gasteiger partial charge on any atom is 0.251 e. The van der Waals surface area contributed by atoms with Crippen LogP contribution in [0.2, 0.25) is 0 Å². The number of H-pyrrole nitrogens is 2. The van der Waals surface area contributed by atoms with Crippen molar-refractivity contribution in [2.75, 3.05) is 13.4 Å². The Labute approximate surface area is 835 Å². The number of aromatic nitrogens is 8. The molecular weight excluding hydrogens is 1710 g/mol. The number of rotatable bonds is 0. The molecule has 1 unspecified atom stereocenters. The molecule has 10 heterocycles. The van der Waals surface area contributed by atoms with Crippen LogP contribution in [0.3, 0.4) is 0 Å². The second kappa shape index (κ2) is 74.0. The lowest BCUT2D eigenvalue weighted by molar-refractivity contribution is 0.174. The molecule has 2 aliphatic heterocycles. The molecule has 0 spiro atoms. The molecule has 736 valence electrons. The van der Waals surface area contributed by atoms with Gasteiger partial charge in [0.05, 0.1) is 44.4 Å². The molecule has 13 heteroatoms. The van der Waals surface area contributed by atoms with Crippen molar-refractivity contribution in [1.82, 2.24) is 39.9 Å². The van der Waals surface area contributed by atoms with Gasteiger partial charge in [-0.25, -0.2) is 4.98 Å². The van der Waals surface area contributed by atoms with Crippen molar-refractivity contribution in [3.8, 4) is 17.2 Å². The number of nitrogens with zero attached hydrogens (tertiary/aromatic N) is 6. The summed E-state index contributed by atoms with van der Waals surface area (Å²) in [5, 5.41) is 7.13. The molecule has 4 aliphatic rings. The quantitative estimate of drug-likeness (QED) is 0.150. The Morgan fingerprint density at radius 3 is 1.62 bits per heavy atom. The predicted molar refractivity (Wildman–Crippen MR) is 610 cm³/mol. The molecule has 1 atom stereocenters. The van der Waals surface area contributed by atoms with E-state index in [1.54, 1.807) is 28.7 Å². The highest BCUT2D eigenvalue weighted by Gasteiger charge is 2.17. The van der Waals surface area contributed by atoms with Gasteiger partial charge in [0.1, 0.15) is 5.75 Å². The summed E-state index contributed by atoms with van der Waals surface area (Å²) in [5.41, 5.74) is 28.9. The highest BCUT2D eigenvalue weighted by molar-refractivity contribution is 7.16. The summed E-state index contributed by atoms with van der Waals surface area (Å²) in [6, 6.07) is 90.6. The number of ether oxygens (including phenoxy) is 3. The molecule has 138 heavy (non-hydrogen) atoms. The third-order valence-electron chi connectivity index (χ3n) is 19.9. The van der Waals surface area contributed by atoms with Crippen LogP contribution in [-0.2, 0) is 19.3 Å². The molecule has 2 aliphatic carbocycles. The van der Waals surface area contributed by atoms with Crippen LogP contribution in [0.15, 0.2) is 320 Å². The summed E-state index contributed by atoms with van der Waals surface area (Å²) in [6.45, 7) is 68.1. The van der Waals surface area contributed by atoms with E-state index in [1.807, 2.05) is 313 Å². The molecule has 0 saturated carbocycles. The molecule has 10 aromatic carbocycles. The number of fused-ring (bicyclic) bond motifs is 11. The zero-order chi connectivity index (χ0) is 103. The zero-order valence-electron chi connectivity index (χ0n) is 90.1. The first-order valence-corrected chi connectivity index (χ1v) is 51.2. The summed E-state index contributed by atoms with van der Waals surface area (Å²) in [5.74, 6) is 3.59. The Morgan fingerprint density at radius 1 is 0.362 bits per heavy atom. The van der Waals surface area contributed by atoms with Gasteiger partial charge in [-0.2, -0.15) is 0 Å². The SMILES string of the molecule is CC.CC.CC.CC.CC.CC.CC.CC.CC.CC.CC.CC1=Cc2ccccc2C1.CC1CCc2ccccc21.Cc1c[nH]c2ccccc12.Cc1cc2ccccc2[nH]c1=O.Cc1ccc2c(c1)CCO2.Cc1ccc2c(c1)OCO2.Cc1ccc2cccnc2c1.Cc1ccc2cnccc2n1.Cc1ccc2ncsc2c1.Cc1cccc2cccnc12.Cc1cnc2ccccc2c1. The molecule has 22 rings (SSSR count). The van der Waals surface area contributed by atoms with E-state index in [0.29, 0.717) is 6.79 Å². The van der Waals surface area contributed by atoms with Crippen molar-refractivity contribution >= 4 is 93.0 Å². The van der Waals surface area contributed by atoms with Gasteiger partial charge in [0.25, 0.3) is 5.56 Å². The van der Waals surface area contributed by atoms with Crippen molar-refractivity contribution < 1.29 is 14.2 Å². The second-order valence-electron chi connectivity index (χ2n) is 29.4. The van der Waals surface area contributed by atoms with Gasteiger partial charge in [0.2, 0.25) is 6.79 Å². The molecule has 12 nitrogen and oxygen atoms in total. The normalized spacial score (nSPS) is 10.9. The number of thiazole rings is 1. The van der Waals surface area contributed by atoms with E-state index in [4.69, 9.17) is 14.2 Å². The number of para-hydroxylation sites is 4. The van der Waals surface area contributed by atoms with E-state index >= 15 is 0 Å². The van der Waals surface area contributed by atoms with Crippen LogP contribution >= 0.6 is 11.3 Å². The minimum absolute atomic E-state index is 0.00583. The molecular formula is C125H166N8O4S. The molecule has 8 aromatic heterocycles. The molecule has 0 fully saturated rings. The monoisotopic (exact) mass is 1880 g/mol. The van der Waals surface area contributed by atoms with Crippen LogP contribution in [0.1, 0.15) is 257 Å². The van der Waals surface area contributed by atoms with E-state index < -0.39 is 0 Å². The lowest BCUT2D eigenvalue weighted by atomic mass is 10.0. The fraction of sp³-hybridized carbons (Fsp3) is 0.320. The molecule has 2 N–H and O–H groups in total. The predicted octanol–water partition coefficient (Wildman–Crippen LogP) is 36.8. The topological polar surface area (TPSA) is 154 Å². The van der Waals surface area contributed by atoms with Gasteiger partial charge in [0, 0.05) is 92.8 Å². The van der Waals surface area contributed by atoms with Gasteiger partial charge in [-0.1, -0.05) is 346 Å². The Kier molecular flexibility index (Phi) is 65.8. The van der Waals surface area contributed by atoms with Gasteiger partial charge in [-0.3, -0.25) is 29.7 Å². The Bertz CT molecular complexity index is 6130. The van der Waals surface area contributed by atoms with Crippen LogP contribution in [0.4, 0.5) is 0 Å². The summed E-state index contributed by atoms with van der Waals surface area (Å²) in [7, 11) is 0. The minimum atomic E-state index is -0.00583. The van der Waals surface area contributed by atoms with Crippen molar-refractivity contribution in [2.24, 2.45) is 0 Å². The number of hydrogen-bond donors (Lipinski definition) is 2. The lowest BCUT2D eigenvalue weighted by Crippen LogP contribution is -2.08. The summed E-state index contributed by atoms with van der Waals surface area (Å²) < 4.78 is 16.9. The number of nitrogens with one attached hydrogen (secondary N) is 2. The standard InChI is InChI=1S/C10H9NO.3C10H9N.C10H10.C10H12.C9H8N2.C9H9N.C9H10O.C8H7NS.C8H8O2.11C2H6/c1-7-6-8-4-2-3-5-9(8)11-10(7)12;1-8-4-2-5-9-6-3-7-11-10(8)9;1-8-4-5-9-3-2-6-11-10(9)7-8;1-8-6-9-4-2-3-5-10(9)11-7-8;1-8-6-9-4-2-3-5-10(9)7-8;1-8-6-7-9-4-2-3-5-10(8)9;1-7-2-3-8-6-10-5-4-9(8)11-7;1-7-6-10-9-5-3-2-4-8(7)9;1-7-2-3-9-8(6-7)4-5-10-9;2*1-6-2-3-7-8(4-6)10-5-9-7;11*1-2/h2-6H,1H3,(H,11,12);3*2-7H,1H3;2-6H,7H2,1H3;2-5,8H,6-7H2,1H3;2-6H,1H3;2-6,10H,1H3;2-3,6H,4-5H2,1H3;2-5H,1H3;2-4H,5H2,1H3;11*1-2H3. The summed E-state index contributed by atoms with van der Waals surface area (Å²) in [6.07, 6.45) is 18.3. The lowest BCUT2D eigenvalue weighted by Gasteiger charge is -2.01. The van der Waals surface area contributed by atoms with Gasteiger partial charge < -0.3 is 24.2 Å². The van der Waals surface area contributed by atoms with Crippen LogP contribution in [0.5, 0.6) is 17.2 Å². The van der Waals surface area contributed by atoms with E-state index in [0.717, 1.165) is 97.7 Å². The first-order chi connectivity index (χ1) is 67.4. The van der Waals surface area contributed by atoms with Crippen molar-refractivity contribution in [3.63, 3.8) is 0 Å². The Hall–Kier alpha value is -13.2. The maximum atomic E-state index is 11.2. The van der Waals surface area contributed by atoms with Gasteiger partial charge >= 0.3 is 0 Å². The summed E-state index contributed by atoms with van der Waals surface area (Å²) >= 11 is 1.69. The van der Waals surface area contributed by atoms with Crippen LogP contribution in [0.25, 0.3) is 81.7 Å². The Balaban J connectivity index is 0.000000744. The minimum Gasteiger partial charge on any atom is -0.493 e. The van der Waals surface area contributed by atoms with Gasteiger partial charge in [-0.05, 0) is 258 Å². The fourth-order valence-electron chi connectivity index (χ4n) is 13.7. The molecule has 0 bridgehead atoms. The molecule has 18 aromatic rings. The first-order valence-electron chi connectivity index (χ1n) is 50.4. The number of allylic oxidation sites excluding steroid dienone is 1. The number of hydrogen-bond acceptors (Lipinski definition) is 11. The van der Waals surface area contributed by atoms with E-state index in [1.165, 1.54) is 106 Å². The highest BCUT2D eigenvalue weighted by atomic mass is 32.1. The van der Waals surface area contributed by atoms with Crippen LogP contribution in [0, 0.1) is 62.3 Å². The third kappa shape index (κ3) is 42.6. The third-order valence-corrected chi connectivity index (χ3v) is 20.7. The van der Waals surface area contributed by atoms with Gasteiger partial charge in [-0.15, -0.1) is 11.3 Å². The van der Waals surface area contributed by atoms with Crippen molar-refractivity contribution in [2.45, 2.75) is 260 Å². The number of benzene rings is 10. The average molecular weight is 1880 g/mol. The van der Waals surface area contributed by atoms with Crippen molar-refractivity contribution in [3.05, 3.63) is 404 Å². The van der Waals surface area contributed by atoms with Crippen LogP contribution in [-0.4, -0.2) is 53.3 Å². The fourth-order valence-corrected chi connectivity index (χ4v) is 14.4. The molecule has 0 amide bonds. The van der Waals surface area contributed by atoms with Gasteiger partial charge in [0.15, 0.2) is 11.5 Å². The Morgan fingerprint density at radius 2 is 0.928 bits per heavy atom. The number of aryl methyl sites for hydroxylation is 10. The van der Waals surface area contributed by atoms with Crippen LogP contribution < -0.4 is 19.8 Å². The number of aromatic amines is 2. The maximum absolute atomic E-state index is 11.2. The second-order valence-corrected chi connectivity index (χ2v) is 30.2. The van der Waals surface area contributed by atoms with Crippen molar-refractivity contribution in [1.29, 1.82) is 0 Å². The van der Waals surface area contributed by atoms with E-state index in [2.05, 4.69) is 265 Å². The first kappa shape index (κ1) is 123. The zero-order valence-corrected chi connectivity index (χ0v) is 90.9. The molecule has 0 radical (unpaired) electrons.